The van der Waals surface area contributed by atoms with Crippen LogP contribution in [0.1, 0.15) is 43.0 Å². The van der Waals surface area contributed by atoms with Gasteiger partial charge in [0.05, 0.1) is 24.8 Å². The molecule has 0 saturated carbocycles. The van der Waals surface area contributed by atoms with Crippen molar-refractivity contribution in [2.24, 2.45) is 0 Å². The maximum absolute atomic E-state index is 13.1. The maximum Gasteiger partial charge on any atom is 0.295 e. The molecule has 0 radical (unpaired) electrons. The van der Waals surface area contributed by atoms with E-state index < -0.39 is 17.7 Å². The van der Waals surface area contributed by atoms with Crippen molar-refractivity contribution in [3.05, 3.63) is 64.7 Å². The lowest BCUT2D eigenvalue weighted by atomic mass is 9.94. The first-order valence-corrected chi connectivity index (χ1v) is 11.2. The van der Waals surface area contributed by atoms with Crippen LogP contribution in [0.25, 0.3) is 5.76 Å². The molecule has 2 heterocycles. The first-order valence-electron chi connectivity index (χ1n) is 11.2. The summed E-state index contributed by atoms with van der Waals surface area (Å²) in [6.45, 7) is 5.12. The van der Waals surface area contributed by atoms with Gasteiger partial charge in [-0.25, -0.2) is 0 Å². The molecule has 2 aliphatic rings. The lowest BCUT2D eigenvalue weighted by molar-refractivity contribution is -0.140. The van der Waals surface area contributed by atoms with Gasteiger partial charge in [0.15, 0.2) is 0 Å². The summed E-state index contributed by atoms with van der Waals surface area (Å²) in [5.74, 6) is -0.0546. The van der Waals surface area contributed by atoms with E-state index in [9.17, 15) is 14.7 Å². The van der Waals surface area contributed by atoms with Gasteiger partial charge in [0.25, 0.3) is 11.7 Å². The van der Waals surface area contributed by atoms with Gasteiger partial charge in [-0.15, -0.1) is 0 Å². The van der Waals surface area contributed by atoms with E-state index in [4.69, 9.17) is 14.2 Å². The second-order valence-electron chi connectivity index (χ2n) is 8.36. The number of carbonyl (C=O) groups is 2. The van der Waals surface area contributed by atoms with Crippen LogP contribution in [-0.4, -0.2) is 54.7 Å². The van der Waals surface area contributed by atoms with Gasteiger partial charge in [-0.3, -0.25) is 9.59 Å². The molecule has 1 amide bonds. The summed E-state index contributed by atoms with van der Waals surface area (Å²) >= 11 is 0. The van der Waals surface area contributed by atoms with E-state index in [2.05, 4.69) is 0 Å². The highest BCUT2D eigenvalue weighted by molar-refractivity contribution is 6.46. The number of benzene rings is 2. The number of hydrogen-bond donors (Lipinski definition) is 1. The van der Waals surface area contributed by atoms with Crippen LogP contribution in [0, 0.1) is 0 Å². The Hall–Kier alpha value is -3.32. The molecule has 4 rings (SSSR count). The zero-order valence-corrected chi connectivity index (χ0v) is 19.2. The number of methoxy groups -OCH3 is 1. The molecular formula is C26H29NO6. The van der Waals surface area contributed by atoms with E-state index in [0.717, 1.165) is 24.2 Å². The molecule has 2 aromatic rings. The number of fused-ring (bicyclic) bond motifs is 1. The van der Waals surface area contributed by atoms with E-state index in [1.807, 2.05) is 44.2 Å². The molecule has 2 aliphatic heterocycles. The third kappa shape index (κ3) is 4.46. The Bertz CT molecular complexity index is 1070. The van der Waals surface area contributed by atoms with Gasteiger partial charge in [0.2, 0.25) is 0 Å². The topological polar surface area (TPSA) is 85.3 Å². The van der Waals surface area contributed by atoms with Crippen molar-refractivity contribution in [1.82, 2.24) is 4.90 Å². The number of ether oxygens (including phenoxy) is 3. The normalized spacial score (nSPS) is 21.2. The molecule has 33 heavy (non-hydrogen) atoms. The Labute approximate surface area is 193 Å². The van der Waals surface area contributed by atoms with E-state index in [0.29, 0.717) is 23.5 Å². The minimum absolute atomic E-state index is 0.0606. The van der Waals surface area contributed by atoms with Crippen molar-refractivity contribution in [3.63, 3.8) is 0 Å². The van der Waals surface area contributed by atoms with Crippen molar-refractivity contribution >= 4 is 17.4 Å². The van der Waals surface area contributed by atoms with E-state index in [1.54, 1.807) is 19.2 Å². The molecule has 0 bridgehead atoms. The molecule has 1 N–H and O–H groups in total. The van der Waals surface area contributed by atoms with Crippen LogP contribution in [-0.2, 0) is 20.7 Å². The number of Topliss-reactive ketones (excluding diaryl/α,β-unsaturated/α-hetero) is 1. The Morgan fingerprint density at radius 3 is 2.61 bits per heavy atom. The molecule has 1 saturated heterocycles. The van der Waals surface area contributed by atoms with Crippen molar-refractivity contribution in [2.45, 2.75) is 38.8 Å². The molecule has 174 valence electrons. The SMILES string of the molecule is CCCOc1ccc(C2C(=C(O)c3ccc4c(c3)CC(C)O4)C(=O)C(=O)N2CCOC)cc1. The third-order valence-corrected chi connectivity index (χ3v) is 5.91. The van der Waals surface area contributed by atoms with Gasteiger partial charge in [-0.1, -0.05) is 19.1 Å². The zero-order chi connectivity index (χ0) is 23.5. The van der Waals surface area contributed by atoms with Gasteiger partial charge >= 0.3 is 0 Å². The van der Waals surface area contributed by atoms with Crippen LogP contribution in [0.5, 0.6) is 11.5 Å². The summed E-state index contributed by atoms with van der Waals surface area (Å²) < 4.78 is 16.6. The summed E-state index contributed by atoms with van der Waals surface area (Å²) in [6, 6.07) is 11.9. The molecular weight excluding hydrogens is 422 g/mol. The van der Waals surface area contributed by atoms with E-state index in [-0.39, 0.29) is 30.6 Å². The highest BCUT2D eigenvalue weighted by Crippen LogP contribution is 2.40. The fourth-order valence-electron chi connectivity index (χ4n) is 4.34. The Morgan fingerprint density at radius 1 is 1.15 bits per heavy atom. The highest BCUT2D eigenvalue weighted by atomic mass is 16.5. The summed E-state index contributed by atoms with van der Waals surface area (Å²) in [6.07, 6.45) is 1.68. The molecule has 0 aromatic heterocycles. The number of amides is 1. The molecule has 0 spiro atoms. The quantitative estimate of drug-likeness (QED) is 0.373. The van der Waals surface area contributed by atoms with Crippen molar-refractivity contribution in [3.8, 4) is 11.5 Å². The molecule has 1 fully saturated rings. The number of carbonyl (C=O) groups excluding carboxylic acids is 2. The van der Waals surface area contributed by atoms with Gasteiger partial charge in [-0.05, 0) is 54.8 Å². The summed E-state index contributed by atoms with van der Waals surface area (Å²) in [5, 5.41) is 11.2. The third-order valence-electron chi connectivity index (χ3n) is 5.91. The number of aliphatic hydroxyl groups excluding tert-OH is 1. The first-order chi connectivity index (χ1) is 15.9. The summed E-state index contributed by atoms with van der Waals surface area (Å²) in [4.78, 5) is 27.4. The smallest absolute Gasteiger partial charge is 0.295 e. The number of ketones is 1. The monoisotopic (exact) mass is 451 g/mol. The van der Waals surface area contributed by atoms with Crippen molar-refractivity contribution in [2.75, 3.05) is 26.9 Å². The number of likely N-dealkylation sites (tertiary alicyclic amines) is 1. The summed E-state index contributed by atoms with van der Waals surface area (Å²) in [5.41, 5.74) is 2.25. The number of hydrogen-bond acceptors (Lipinski definition) is 6. The predicted molar refractivity (Wildman–Crippen MR) is 123 cm³/mol. The molecule has 2 atom stereocenters. The Morgan fingerprint density at radius 2 is 1.91 bits per heavy atom. The number of rotatable bonds is 8. The van der Waals surface area contributed by atoms with Gasteiger partial charge in [0, 0.05) is 25.6 Å². The van der Waals surface area contributed by atoms with Crippen LogP contribution in [0.2, 0.25) is 0 Å². The van der Waals surface area contributed by atoms with Crippen LogP contribution >= 0.6 is 0 Å². The lowest BCUT2D eigenvalue weighted by Gasteiger charge is -2.25. The summed E-state index contributed by atoms with van der Waals surface area (Å²) in [7, 11) is 1.54. The van der Waals surface area contributed by atoms with Gasteiger partial charge in [0.1, 0.15) is 23.4 Å². The van der Waals surface area contributed by atoms with Crippen LogP contribution in [0.3, 0.4) is 0 Å². The highest BCUT2D eigenvalue weighted by Gasteiger charge is 2.46. The van der Waals surface area contributed by atoms with E-state index in [1.165, 1.54) is 4.90 Å². The van der Waals surface area contributed by atoms with Gasteiger partial charge in [-0.2, -0.15) is 0 Å². The molecule has 2 aromatic carbocycles. The lowest BCUT2D eigenvalue weighted by Crippen LogP contribution is -2.32. The minimum Gasteiger partial charge on any atom is -0.507 e. The average Bonchev–Trinajstić information content (AvgIpc) is 3.31. The van der Waals surface area contributed by atoms with Crippen molar-refractivity contribution in [1.29, 1.82) is 0 Å². The van der Waals surface area contributed by atoms with Crippen LogP contribution in [0.4, 0.5) is 0 Å². The second kappa shape index (κ2) is 9.67. The predicted octanol–water partition coefficient (Wildman–Crippen LogP) is 3.87. The largest absolute Gasteiger partial charge is 0.507 e. The Balaban J connectivity index is 1.76. The fourth-order valence-corrected chi connectivity index (χ4v) is 4.34. The molecule has 0 aliphatic carbocycles. The molecule has 7 heteroatoms. The van der Waals surface area contributed by atoms with E-state index >= 15 is 0 Å². The maximum atomic E-state index is 13.1. The van der Waals surface area contributed by atoms with Crippen molar-refractivity contribution < 1.29 is 28.9 Å². The number of aliphatic hydroxyl groups is 1. The zero-order valence-electron chi connectivity index (χ0n) is 19.2. The molecule has 2 unspecified atom stereocenters. The standard InChI is InChI=1S/C26H29NO6/c1-4-12-32-20-8-5-17(6-9-20)23-22(25(29)26(30)27(23)11-13-31-3)24(28)18-7-10-21-19(15-18)14-16(2)33-21/h5-10,15-16,23,28H,4,11-14H2,1-3H3. The number of nitrogens with zero attached hydrogens (tertiary/aromatic N) is 1. The minimum atomic E-state index is -0.719. The van der Waals surface area contributed by atoms with Crippen LogP contribution < -0.4 is 9.47 Å². The molecule has 7 nitrogen and oxygen atoms in total. The first kappa shape index (κ1) is 22.9. The van der Waals surface area contributed by atoms with Gasteiger partial charge < -0.3 is 24.2 Å². The second-order valence-corrected chi connectivity index (χ2v) is 8.36. The average molecular weight is 452 g/mol. The Kier molecular flexibility index (Phi) is 6.70. The van der Waals surface area contributed by atoms with Crippen LogP contribution in [0.15, 0.2) is 48.0 Å². The fraction of sp³-hybridized carbons (Fsp3) is 0.385.